The average molecular weight is 451 g/mol. The second-order valence-corrected chi connectivity index (χ2v) is 9.51. The molecule has 8 nitrogen and oxygen atoms in total. The van der Waals surface area contributed by atoms with Gasteiger partial charge in [0.1, 0.15) is 5.60 Å². The molecule has 33 heavy (non-hydrogen) atoms. The van der Waals surface area contributed by atoms with Crippen molar-refractivity contribution in [2.45, 2.75) is 18.1 Å². The van der Waals surface area contributed by atoms with Gasteiger partial charge in [-0.1, -0.05) is 30.4 Å². The molecular weight excluding hydrogens is 420 g/mol. The third-order valence-corrected chi connectivity index (χ3v) is 7.64. The molecule has 8 heteroatoms. The minimum atomic E-state index is -0.659. The van der Waals surface area contributed by atoms with Gasteiger partial charge in [0.25, 0.3) is 0 Å². The number of carbonyl (C=O) groups excluding carboxylic acids is 2. The van der Waals surface area contributed by atoms with Crippen LogP contribution in [-0.2, 0) is 25.5 Å². The molecular formula is C25H30N4O4. The summed E-state index contributed by atoms with van der Waals surface area (Å²) in [5, 5.41) is 4.26. The highest BCUT2D eigenvalue weighted by Gasteiger charge is 2.66. The van der Waals surface area contributed by atoms with Gasteiger partial charge in [0.15, 0.2) is 0 Å². The van der Waals surface area contributed by atoms with Crippen LogP contribution in [0.5, 0.6) is 0 Å². The van der Waals surface area contributed by atoms with Crippen molar-refractivity contribution >= 4 is 22.7 Å². The Morgan fingerprint density at radius 2 is 2.06 bits per heavy atom. The number of ether oxygens (including phenoxy) is 2. The van der Waals surface area contributed by atoms with Crippen LogP contribution < -0.4 is 5.32 Å². The zero-order valence-electron chi connectivity index (χ0n) is 18.7. The molecule has 3 fully saturated rings. The van der Waals surface area contributed by atoms with Crippen molar-refractivity contribution in [1.29, 1.82) is 0 Å². The normalized spacial score (nSPS) is 31.0. The number of hydrogen-bond donors (Lipinski definition) is 2. The highest BCUT2D eigenvalue weighted by molar-refractivity contribution is 5.93. The number of para-hydroxylation sites is 1. The van der Waals surface area contributed by atoms with Crippen LogP contribution in [0.4, 0.5) is 0 Å². The molecule has 5 heterocycles. The van der Waals surface area contributed by atoms with E-state index in [1.54, 1.807) is 0 Å². The number of aromatic amines is 1. The Kier molecular flexibility index (Phi) is 5.24. The lowest BCUT2D eigenvalue weighted by Gasteiger charge is -2.27. The predicted octanol–water partition coefficient (Wildman–Crippen LogP) is 0.941. The first-order valence-corrected chi connectivity index (χ1v) is 11.9. The first-order valence-electron chi connectivity index (χ1n) is 11.9. The number of rotatable bonds is 7. The van der Waals surface area contributed by atoms with Gasteiger partial charge in [-0.25, -0.2) is 0 Å². The van der Waals surface area contributed by atoms with E-state index in [9.17, 15) is 9.59 Å². The summed E-state index contributed by atoms with van der Waals surface area (Å²) >= 11 is 0. The first kappa shape index (κ1) is 20.9. The third-order valence-electron chi connectivity index (χ3n) is 7.64. The van der Waals surface area contributed by atoms with E-state index in [0.717, 1.165) is 44.8 Å². The Balaban J connectivity index is 1.10. The number of nitrogens with one attached hydrogen (secondary N) is 2. The van der Waals surface area contributed by atoms with Gasteiger partial charge in [-0.2, -0.15) is 0 Å². The van der Waals surface area contributed by atoms with E-state index in [4.69, 9.17) is 9.47 Å². The van der Waals surface area contributed by atoms with Crippen LogP contribution >= 0.6 is 0 Å². The Hall–Kier alpha value is -2.68. The van der Waals surface area contributed by atoms with Gasteiger partial charge in [0.05, 0.1) is 37.7 Å². The number of likely N-dealkylation sites (tertiary alicyclic amines) is 1. The smallest absolute Gasteiger partial charge is 0.230 e. The summed E-state index contributed by atoms with van der Waals surface area (Å²) in [5.74, 6) is -0.921. The highest BCUT2D eigenvalue weighted by Crippen LogP contribution is 2.51. The van der Waals surface area contributed by atoms with Gasteiger partial charge in [-0.15, -0.1) is 0 Å². The van der Waals surface area contributed by atoms with Gasteiger partial charge < -0.3 is 24.7 Å². The summed E-state index contributed by atoms with van der Waals surface area (Å²) in [4.78, 5) is 34.0. The van der Waals surface area contributed by atoms with Crippen LogP contribution in [0, 0.1) is 11.8 Å². The van der Waals surface area contributed by atoms with Crippen molar-refractivity contribution in [2.75, 3.05) is 52.5 Å². The average Bonchev–Trinajstić information content (AvgIpc) is 3.58. The van der Waals surface area contributed by atoms with Crippen molar-refractivity contribution in [1.82, 2.24) is 20.1 Å². The molecule has 2 aromatic rings. The minimum absolute atomic E-state index is 0.0371. The fourth-order valence-electron chi connectivity index (χ4n) is 5.94. The van der Waals surface area contributed by atoms with E-state index in [1.165, 1.54) is 10.9 Å². The molecule has 2 bridgehead atoms. The molecule has 0 aliphatic carbocycles. The Morgan fingerprint density at radius 1 is 1.21 bits per heavy atom. The van der Waals surface area contributed by atoms with Crippen molar-refractivity contribution in [3.63, 3.8) is 0 Å². The van der Waals surface area contributed by atoms with Crippen molar-refractivity contribution < 1.29 is 19.1 Å². The maximum Gasteiger partial charge on any atom is 0.230 e. The largest absolute Gasteiger partial charge is 0.379 e. The molecule has 1 aromatic carbocycles. The number of morpholine rings is 1. The van der Waals surface area contributed by atoms with Crippen LogP contribution in [0.3, 0.4) is 0 Å². The summed E-state index contributed by atoms with van der Waals surface area (Å²) in [6.45, 7) is 5.77. The van der Waals surface area contributed by atoms with Crippen LogP contribution in [0.15, 0.2) is 42.6 Å². The van der Waals surface area contributed by atoms with E-state index in [1.807, 2.05) is 35.4 Å². The number of nitrogens with zero attached hydrogens (tertiary/aromatic N) is 2. The lowest BCUT2D eigenvalue weighted by atomic mass is 9.77. The molecule has 1 aromatic heterocycles. The first-order chi connectivity index (χ1) is 16.1. The number of fused-ring (bicyclic) bond motifs is 2. The van der Waals surface area contributed by atoms with Gasteiger partial charge in [-0.3, -0.25) is 14.5 Å². The Bertz CT molecular complexity index is 1090. The molecule has 0 unspecified atom stereocenters. The molecule has 0 radical (unpaired) electrons. The molecule has 0 saturated carbocycles. The van der Waals surface area contributed by atoms with Crippen molar-refractivity contribution in [3.05, 3.63) is 48.2 Å². The Morgan fingerprint density at radius 3 is 2.94 bits per heavy atom. The monoisotopic (exact) mass is 450 g/mol. The van der Waals surface area contributed by atoms with Crippen LogP contribution in [0.25, 0.3) is 10.9 Å². The van der Waals surface area contributed by atoms with Gasteiger partial charge in [-0.05, 0) is 18.1 Å². The van der Waals surface area contributed by atoms with E-state index in [-0.39, 0.29) is 17.9 Å². The second kappa shape index (κ2) is 8.27. The summed E-state index contributed by atoms with van der Waals surface area (Å²) in [6, 6.07) is 8.21. The second-order valence-electron chi connectivity index (χ2n) is 9.51. The quantitative estimate of drug-likeness (QED) is 0.614. The lowest BCUT2D eigenvalue weighted by molar-refractivity contribution is -0.137. The third kappa shape index (κ3) is 3.57. The van der Waals surface area contributed by atoms with E-state index >= 15 is 0 Å². The number of amides is 2. The summed E-state index contributed by atoms with van der Waals surface area (Å²) in [7, 11) is 0. The number of benzene rings is 1. The van der Waals surface area contributed by atoms with Crippen LogP contribution in [0.1, 0.15) is 5.56 Å². The van der Waals surface area contributed by atoms with Crippen molar-refractivity contribution in [2.24, 2.45) is 11.8 Å². The van der Waals surface area contributed by atoms with E-state index < -0.39 is 17.4 Å². The molecule has 6 rings (SSSR count). The SMILES string of the molecule is O=C(NCCN1CCOCC1)[C@H]1[C@@H]2C=C[C@]3(CN(CCc4c[nH]c5ccccc45)C(=O)[C@H]13)O2. The highest BCUT2D eigenvalue weighted by atomic mass is 16.5. The predicted molar refractivity (Wildman–Crippen MR) is 123 cm³/mol. The van der Waals surface area contributed by atoms with E-state index in [2.05, 4.69) is 27.3 Å². The lowest BCUT2D eigenvalue weighted by Crippen LogP contribution is -2.47. The zero-order valence-corrected chi connectivity index (χ0v) is 18.7. The molecule has 4 aliphatic rings. The number of aromatic nitrogens is 1. The summed E-state index contributed by atoms with van der Waals surface area (Å²) in [6.07, 6.45) is 6.47. The van der Waals surface area contributed by atoms with Gasteiger partial charge >= 0.3 is 0 Å². The minimum Gasteiger partial charge on any atom is -0.379 e. The van der Waals surface area contributed by atoms with Crippen molar-refractivity contribution in [3.8, 4) is 0 Å². The molecule has 3 saturated heterocycles. The topological polar surface area (TPSA) is 86.9 Å². The van der Waals surface area contributed by atoms with E-state index in [0.29, 0.717) is 19.6 Å². The molecule has 4 aliphatic heterocycles. The zero-order chi connectivity index (χ0) is 22.4. The fourth-order valence-corrected chi connectivity index (χ4v) is 5.94. The standard InChI is InChI=1S/C25H30N4O4/c30-23(26-8-10-28-11-13-32-14-12-28)21-20-5-7-25(33-20)16-29(24(31)22(21)25)9-6-17-15-27-19-4-2-1-3-18(17)19/h1-5,7,15,20-22,27H,6,8-14,16H2,(H,26,30)/t20-,21-,22-,25+/m0/s1. The molecule has 4 atom stereocenters. The van der Waals surface area contributed by atoms with Crippen LogP contribution in [0.2, 0.25) is 0 Å². The summed E-state index contributed by atoms with van der Waals surface area (Å²) in [5.41, 5.74) is 1.65. The summed E-state index contributed by atoms with van der Waals surface area (Å²) < 4.78 is 11.6. The maximum absolute atomic E-state index is 13.4. The van der Waals surface area contributed by atoms with Gasteiger partial charge in [0.2, 0.25) is 11.8 Å². The number of hydrogen-bond acceptors (Lipinski definition) is 5. The molecule has 174 valence electrons. The van der Waals surface area contributed by atoms with Gasteiger partial charge in [0, 0.05) is 49.8 Å². The molecule has 2 amide bonds. The number of H-pyrrole nitrogens is 1. The fraction of sp³-hybridized carbons (Fsp3) is 0.520. The van der Waals surface area contributed by atoms with Crippen LogP contribution in [-0.4, -0.2) is 90.8 Å². The maximum atomic E-state index is 13.4. The molecule has 2 N–H and O–H groups in total. The molecule has 1 spiro atoms. The Labute approximate surface area is 192 Å². The number of carbonyl (C=O) groups is 2.